The van der Waals surface area contributed by atoms with E-state index < -0.39 is 17.7 Å². The number of ether oxygens (including phenoxy) is 2. The number of morpholine rings is 1. The molecule has 1 N–H and O–H groups in total. The number of hydrogen-bond donors (Lipinski definition) is 1. The van der Waals surface area contributed by atoms with Crippen molar-refractivity contribution >= 4 is 15.9 Å². The minimum atomic E-state index is -0.918. The van der Waals surface area contributed by atoms with Crippen LogP contribution in [0, 0.1) is 11.6 Å². The van der Waals surface area contributed by atoms with E-state index in [4.69, 9.17) is 9.47 Å². The molecule has 1 heterocycles. The highest BCUT2D eigenvalue weighted by molar-refractivity contribution is 9.10. The van der Waals surface area contributed by atoms with Crippen LogP contribution in [0.2, 0.25) is 0 Å². The Morgan fingerprint density at radius 3 is 2.88 bits per heavy atom. The fourth-order valence-corrected chi connectivity index (χ4v) is 2.42. The number of nitrogens with one attached hydrogen (secondary N) is 1. The summed E-state index contributed by atoms with van der Waals surface area (Å²) in [7, 11) is 1.41. The minimum Gasteiger partial charge on any atom is -0.495 e. The van der Waals surface area contributed by atoms with Gasteiger partial charge in [0.05, 0.1) is 23.8 Å². The zero-order valence-electron chi connectivity index (χ0n) is 9.23. The van der Waals surface area contributed by atoms with E-state index in [9.17, 15) is 8.78 Å². The van der Waals surface area contributed by atoms with Gasteiger partial charge in [0.25, 0.3) is 0 Å². The summed E-state index contributed by atoms with van der Waals surface area (Å²) >= 11 is 3.15. The summed E-state index contributed by atoms with van der Waals surface area (Å²) < 4.78 is 38.1. The van der Waals surface area contributed by atoms with Gasteiger partial charge in [-0.2, -0.15) is 0 Å². The first-order valence-electron chi connectivity index (χ1n) is 5.19. The molecule has 1 aliphatic heterocycles. The molecule has 0 aliphatic carbocycles. The molecule has 17 heavy (non-hydrogen) atoms. The van der Waals surface area contributed by atoms with E-state index in [-0.39, 0.29) is 11.3 Å². The monoisotopic (exact) mass is 307 g/mol. The number of halogens is 3. The predicted molar refractivity (Wildman–Crippen MR) is 62.2 cm³/mol. The molecule has 1 aromatic carbocycles. The molecule has 1 aromatic rings. The van der Waals surface area contributed by atoms with Gasteiger partial charge in [-0.25, -0.2) is 8.78 Å². The highest BCUT2D eigenvalue weighted by atomic mass is 79.9. The molecule has 94 valence electrons. The summed E-state index contributed by atoms with van der Waals surface area (Å²) in [5.41, 5.74) is 0.117. The third kappa shape index (κ3) is 2.43. The van der Waals surface area contributed by atoms with E-state index >= 15 is 0 Å². The molecule has 1 unspecified atom stereocenters. The SMILES string of the molecule is COc1c(Br)cc(F)c(F)c1C1CNCCO1. The Bertz CT molecular complexity index is 422. The highest BCUT2D eigenvalue weighted by Gasteiger charge is 2.27. The van der Waals surface area contributed by atoms with E-state index in [1.54, 1.807) is 0 Å². The van der Waals surface area contributed by atoms with Crippen LogP contribution in [0.1, 0.15) is 11.7 Å². The molecule has 0 aromatic heterocycles. The van der Waals surface area contributed by atoms with E-state index in [0.29, 0.717) is 24.2 Å². The van der Waals surface area contributed by atoms with E-state index in [1.807, 2.05) is 0 Å². The molecule has 2 rings (SSSR count). The number of benzene rings is 1. The maximum atomic E-state index is 13.8. The van der Waals surface area contributed by atoms with Crippen LogP contribution in [0.5, 0.6) is 5.75 Å². The van der Waals surface area contributed by atoms with Gasteiger partial charge in [-0.05, 0) is 22.0 Å². The van der Waals surface area contributed by atoms with Crippen LogP contribution in [0.25, 0.3) is 0 Å². The normalized spacial score (nSPS) is 20.4. The van der Waals surface area contributed by atoms with Gasteiger partial charge < -0.3 is 14.8 Å². The molecule has 1 fully saturated rings. The van der Waals surface area contributed by atoms with Gasteiger partial charge >= 0.3 is 0 Å². The van der Waals surface area contributed by atoms with Crippen LogP contribution in [-0.2, 0) is 4.74 Å². The van der Waals surface area contributed by atoms with Crippen molar-refractivity contribution in [3.05, 3.63) is 27.7 Å². The van der Waals surface area contributed by atoms with Gasteiger partial charge in [0, 0.05) is 13.1 Å². The van der Waals surface area contributed by atoms with Gasteiger partial charge in [0.15, 0.2) is 11.6 Å². The lowest BCUT2D eigenvalue weighted by atomic mass is 10.1. The molecular weight excluding hydrogens is 296 g/mol. The third-order valence-corrected chi connectivity index (χ3v) is 3.20. The lowest BCUT2D eigenvalue weighted by molar-refractivity contribution is 0.0235. The molecule has 0 spiro atoms. The Morgan fingerprint density at radius 1 is 1.53 bits per heavy atom. The largest absolute Gasteiger partial charge is 0.495 e. The van der Waals surface area contributed by atoms with Gasteiger partial charge in [-0.15, -0.1) is 0 Å². The molecule has 1 saturated heterocycles. The molecule has 6 heteroatoms. The van der Waals surface area contributed by atoms with Crippen LogP contribution in [0.3, 0.4) is 0 Å². The van der Waals surface area contributed by atoms with Crippen molar-refractivity contribution in [1.82, 2.24) is 5.32 Å². The minimum absolute atomic E-state index is 0.117. The van der Waals surface area contributed by atoms with Crippen LogP contribution >= 0.6 is 15.9 Å². The van der Waals surface area contributed by atoms with Crippen molar-refractivity contribution in [1.29, 1.82) is 0 Å². The average molecular weight is 308 g/mol. The zero-order valence-corrected chi connectivity index (χ0v) is 10.8. The first-order chi connectivity index (χ1) is 8.15. The van der Waals surface area contributed by atoms with Crippen LogP contribution < -0.4 is 10.1 Å². The zero-order chi connectivity index (χ0) is 12.4. The Balaban J connectivity index is 2.48. The van der Waals surface area contributed by atoms with Gasteiger partial charge in [0.1, 0.15) is 11.9 Å². The average Bonchev–Trinajstić information content (AvgIpc) is 2.34. The van der Waals surface area contributed by atoms with Crippen LogP contribution in [0.4, 0.5) is 8.78 Å². The van der Waals surface area contributed by atoms with E-state index in [1.165, 1.54) is 7.11 Å². The fourth-order valence-electron chi connectivity index (χ4n) is 1.84. The quantitative estimate of drug-likeness (QED) is 0.851. The summed E-state index contributed by atoms with van der Waals surface area (Å²) in [5, 5.41) is 3.07. The second-order valence-electron chi connectivity index (χ2n) is 3.66. The molecule has 0 radical (unpaired) electrons. The molecule has 0 saturated carbocycles. The molecule has 0 amide bonds. The lowest BCUT2D eigenvalue weighted by Crippen LogP contribution is -2.34. The first kappa shape index (κ1) is 12.7. The number of methoxy groups -OCH3 is 1. The van der Waals surface area contributed by atoms with Crippen molar-refractivity contribution in [3.63, 3.8) is 0 Å². The fraction of sp³-hybridized carbons (Fsp3) is 0.455. The Labute approximate surface area is 106 Å². The Hall–Kier alpha value is -0.720. The predicted octanol–water partition coefficient (Wildman–Crippen LogP) is 2.40. The maximum Gasteiger partial charge on any atom is 0.168 e. The highest BCUT2D eigenvalue weighted by Crippen LogP contribution is 2.38. The maximum absolute atomic E-state index is 13.8. The van der Waals surface area contributed by atoms with Crippen molar-refractivity contribution < 1.29 is 18.3 Å². The molecular formula is C11H12BrF2NO2. The van der Waals surface area contributed by atoms with Crippen molar-refractivity contribution in [2.75, 3.05) is 26.8 Å². The molecule has 3 nitrogen and oxygen atoms in total. The molecule has 1 aliphatic rings. The second-order valence-corrected chi connectivity index (χ2v) is 4.52. The second kappa shape index (κ2) is 5.29. The third-order valence-electron chi connectivity index (χ3n) is 2.61. The Kier molecular flexibility index (Phi) is 3.96. The molecule has 0 bridgehead atoms. The van der Waals surface area contributed by atoms with Gasteiger partial charge in [-0.1, -0.05) is 0 Å². The topological polar surface area (TPSA) is 30.5 Å². The summed E-state index contributed by atoms with van der Waals surface area (Å²) in [6.45, 7) is 1.60. The van der Waals surface area contributed by atoms with Crippen LogP contribution in [0.15, 0.2) is 10.5 Å². The van der Waals surface area contributed by atoms with Crippen LogP contribution in [-0.4, -0.2) is 26.8 Å². The standard InChI is InChI=1S/C11H12BrF2NO2/c1-16-11-6(12)4-7(13)10(14)9(11)8-5-15-2-3-17-8/h4,8,15H,2-3,5H2,1H3. The van der Waals surface area contributed by atoms with Gasteiger partial charge in [-0.3, -0.25) is 0 Å². The lowest BCUT2D eigenvalue weighted by Gasteiger charge is -2.26. The van der Waals surface area contributed by atoms with Gasteiger partial charge in [0.2, 0.25) is 0 Å². The number of rotatable bonds is 2. The van der Waals surface area contributed by atoms with E-state index in [2.05, 4.69) is 21.2 Å². The number of hydrogen-bond acceptors (Lipinski definition) is 3. The summed E-state index contributed by atoms with van der Waals surface area (Å²) in [5.74, 6) is -1.56. The summed E-state index contributed by atoms with van der Waals surface area (Å²) in [6.07, 6.45) is -0.536. The van der Waals surface area contributed by atoms with Crippen molar-refractivity contribution in [2.24, 2.45) is 0 Å². The molecule has 1 atom stereocenters. The first-order valence-corrected chi connectivity index (χ1v) is 5.98. The smallest absolute Gasteiger partial charge is 0.168 e. The Morgan fingerprint density at radius 2 is 2.29 bits per heavy atom. The van der Waals surface area contributed by atoms with E-state index in [0.717, 1.165) is 6.07 Å². The summed E-state index contributed by atoms with van der Waals surface area (Å²) in [6, 6.07) is 1.05. The van der Waals surface area contributed by atoms with Crippen molar-refractivity contribution in [2.45, 2.75) is 6.10 Å². The summed E-state index contributed by atoms with van der Waals surface area (Å²) in [4.78, 5) is 0. The van der Waals surface area contributed by atoms with Crippen molar-refractivity contribution in [3.8, 4) is 5.75 Å².